The van der Waals surface area contributed by atoms with Crippen molar-refractivity contribution in [3.63, 3.8) is 0 Å². The van der Waals surface area contributed by atoms with E-state index >= 15 is 0 Å². The third-order valence-electron chi connectivity index (χ3n) is 5.39. The first-order valence-corrected chi connectivity index (χ1v) is 8.16. The maximum Gasteiger partial charge on any atom is 0.226 e. The molecule has 0 bridgehead atoms. The third kappa shape index (κ3) is 2.05. The minimum Gasteiger partial charge on any atom is -0.335 e. The van der Waals surface area contributed by atoms with Gasteiger partial charge in [-0.3, -0.25) is 4.79 Å². The van der Waals surface area contributed by atoms with E-state index in [1.807, 2.05) is 18.2 Å². The fraction of sp³-hybridized carbons (Fsp3) is 0.588. The minimum absolute atomic E-state index is 0.202. The summed E-state index contributed by atoms with van der Waals surface area (Å²) in [6.07, 6.45) is 5.79. The van der Waals surface area contributed by atoms with E-state index in [2.05, 4.69) is 11.0 Å². The van der Waals surface area contributed by atoms with Gasteiger partial charge in [0.25, 0.3) is 0 Å². The highest BCUT2D eigenvalue weighted by Crippen LogP contribution is 2.55. The molecule has 0 radical (unpaired) electrons. The number of carbonyl (C=O) groups excluding carboxylic acids is 1. The van der Waals surface area contributed by atoms with Gasteiger partial charge in [0, 0.05) is 17.5 Å². The molecule has 2 nitrogen and oxygen atoms in total. The Bertz CT molecular complexity index is 534. The molecule has 0 spiro atoms. The average molecular weight is 290 g/mol. The Morgan fingerprint density at radius 1 is 1.15 bits per heavy atom. The number of hydrogen-bond donors (Lipinski definition) is 0. The highest BCUT2D eigenvalue weighted by Gasteiger charge is 2.49. The highest BCUT2D eigenvalue weighted by molar-refractivity contribution is 6.31. The molecule has 106 valence electrons. The normalized spacial score (nSPS) is 35.1. The van der Waals surface area contributed by atoms with Gasteiger partial charge in [-0.1, -0.05) is 29.8 Å². The highest BCUT2D eigenvalue weighted by atomic mass is 35.5. The van der Waals surface area contributed by atoms with Crippen LogP contribution in [0.5, 0.6) is 0 Å². The van der Waals surface area contributed by atoms with Crippen LogP contribution in [0.3, 0.4) is 0 Å². The summed E-state index contributed by atoms with van der Waals surface area (Å²) in [7, 11) is 0. The van der Waals surface area contributed by atoms with Crippen molar-refractivity contribution in [1.82, 2.24) is 4.90 Å². The predicted octanol–water partition coefficient (Wildman–Crippen LogP) is 4.05. The molecule has 2 saturated carbocycles. The van der Waals surface area contributed by atoms with E-state index in [0.717, 1.165) is 54.6 Å². The Labute approximate surface area is 125 Å². The van der Waals surface area contributed by atoms with Crippen molar-refractivity contribution in [2.75, 3.05) is 6.54 Å². The molecule has 1 heterocycles. The molecule has 1 amide bonds. The van der Waals surface area contributed by atoms with Crippen LogP contribution < -0.4 is 0 Å². The fourth-order valence-corrected chi connectivity index (χ4v) is 4.51. The Morgan fingerprint density at radius 3 is 2.65 bits per heavy atom. The van der Waals surface area contributed by atoms with Gasteiger partial charge in [-0.2, -0.15) is 0 Å². The summed E-state index contributed by atoms with van der Waals surface area (Å²) >= 11 is 6.33. The van der Waals surface area contributed by atoms with Crippen LogP contribution >= 0.6 is 11.6 Å². The topological polar surface area (TPSA) is 20.3 Å². The number of amides is 1. The molecule has 1 aromatic carbocycles. The molecule has 1 aliphatic heterocycles. The molecule has 0 N–H and O–H groups in total. The molecule has 3 heteroatoms. The van der Waals surface area contributed by atoms with Crippen molar-refractivity contribution >= 4 is 17.5 Å². The largest absolute Gasteiger partial charge is 0.335 e. The molecule has 20 heavy (non-hydrogen) atoms. The molecule has 1 saturated heterocycles. The lowest BCUT2D eigenvalue weighted by atomic mass is 9.99. The first-order valence-electron chi connectivity index (χ1n) is 7.79. The van der Waals surface area contributed by atoms with Gasteiger partial charge in [0.2, 0.25) is 5.91 Å². The lowest BCUT2D eigenvalue weighted by molar-refractivity contribution is -0.136. The van der Waals surface area contributed by atoms with Crippen molar-refractivity contribution in [3.8, 4) is 0 Å². The molecular weight excluding hydrogens is 270 g/mol. The van der Waals surface area contributed by atoms with Crippen LogP contribution in [0.4, 0.5) is 0 Å². The lowest BCUT2D eigenvalue weighted by Gasteiger charge is -2.28. The molecule has 1 aromatic rings. The SMILES string of the molecule is O=C(C1CC2CC2C1)N1CCCC1c1ccccc1Cl. The summed E-state index contributed by atoms with van der Waals surface area (Å²) < 4.78 is 0. The minimum atomic E-state index is 0.202. The lowest BCUT2D eigenvalue weighted by Crippen LogP contribution is -2.35. The van der Waals surface area contributed by atoms with E-state index < -0.39 is 0 Å². The maximum atomic E-state index is 12.8. The Hall–Kier alpha value is -1.02. The number of halogens is 1. The van der Waals surface area contributed by atoms with Crippen LogP contribution in [0.25, 0.3) is 0 Å². The summed E-state index contributed by atoms with van der Waals surface area (Å²) in [4.78, 5) is 14.9. The number of hydrogen-bond acceptors (Lipinski definition) is 1. The van der Waals surface area contributed by atoms with E-state index in [9.17, 15) is 4.79 Å². The van der Waals surface area contributed by atoms with Crippen molar-refractivity contribution in [2.24, 2.45) is 17.8 Å². The van der Waals surface area contributed by atoms with Crippen molar-refractivity contribution in [3.05, 3.63) is 34.9 Å². The molecule has 3 aliphatic rings. The Morgan fingerprint density at radius 2 is 1.90 bits per heavy atom. The molecule has 3 atom stereocenters. The number of nitrogens with zero attached hydrogens (tertiary/aromatic N) is 1. The summed E-state index contributed by atoms with van der Waals surface area (Å²) in [5.74, 6) is 2.41. The van der Waals surface area contributed by atoms with Gasteiger partial charge in [0.15, 0.2) is 0 Å². The van der Waals surface area contributed by atoms with E-state index in [4.69, 9.17) is 11.6 Å². The number of likely N-dealkylation sites (tertiary alicyclic amines) is 1. The molecule has 4 rings (SSSR count). The number of fused-ring (bicyclic) bond motifs is 1. The summed E-state index contributed by atoms with van der Waals surface area (Å²) in [5.41, 5.74) is 1.13. The zero-order valence-corrected chi connectivity index (χ0v) is 12.4. The molecular formula is C17H20ClNO. The Kier molecular flexibility index (Phi) is 3.03. The van der Waals surface area contributed by atoms with Crippen molar-refractivity contribution in [2.45, 2.75) is 38.1 Å². The van der Waals surface area contributed by atoms with Crippen LogP contribution in [-0.2, 0) is 4.79 Å². The van der Waals surface area contributed by atoms with Crippen LogP contribution in [0.1, 0.15) is 43.7 Å². The summed E-state index contributed by atoms with van der Waals surface area (Å²) in [6, 6.07) is 8.19. The second-order valence-corrected chi connectivity index (χ2v) is 7.04. The van der Waals surface area contributed by atoms with Crippen LogP contribution in [0.2, 0.25) is 5.02 Å². The average Bonchev–Trinajstić information content (AvgIpc) is 2.91. The summed E-state index contributed by atoms with van der Waals surface area (Å²) in [6.45, 7) is 0.903. The van der Waals surface area contributed by atoms with E-state index in [0.29, 0.717) is 11.8 Å². The van der Waals surface area contributed by atoms with Crippen LogP contribution in [0.15, 0.2) is 24.3 Å². The second-order valence-electron chi connectivity index (χ2n) is 6.64. The van der Waals surface area contributed by atoms with Gasteiger partial charge in [-0.15, -0.1) is 0 Å². The summed E-state index contributed by atoms with van der Waals surface area (Å²) in [5, 5.41) is 0.798. The molecule has 3 unspecified atom stereocenters. The quantitative estimate of drug-likeness (QED) is 0.804. The van der Waals surface area contributed by atoms with Gasteiger partial charge in [-0.25, -0.2) is 0 Å². The fourth-order valence-electron chi connectivity index (χ4n) is 4.25. The Balaban J connectivity index is 1.55. The zero-order chi connectivity index (χ0) is 13.7. The van der Waals surface area contributed by atoms with Gasteiger partial charge >= 0.3 is 0 Å². The van der Waals surface area contributed by atoms with Crippen LogP contribution in [0, 0.1) is 17.8 Å². The van der Waals surface area contributed by atoms with E-state index in [1.54, 1.807) is 0 Å². The molecule has 0 aromatic heterocycles. The van der Waals surface area contributed by atoms with Gasteiger partial charge < -0.3 is 4.90 Å². The standard InChI is InChI=1S/C17H20ClNO/c18-15-5-2-1-4-14(15)16-6-3-7-19(16)17(20)13-9-11-8-12(11)10-13/h1-2,4-5,11-13,16H,3,6-10H2. The number of rotatable bonds is 2. The van der Waals surface area contributed by atoms with Crippen molar-refractivity contribution in [1.29, 1.82) is 0 Å². The van der Waals surface area contributed by atoms with Crippen molar-refractivity contribution < 1.29 is 4.79 Å². The number of carbonyl (C=O) groups is 1. The zero-order valence-electron chi connectivity index (χ0n) is 11.6. The van der Waals surface area contributed by atoms with Gasteiger partial charge in [0.05, 0.1) is 6.04 Å². The second kappa shape index (κ2) is 4.77. The first kappa shape index (κ1) is 12.7. The van der Waals surface area contributed by atoms with Gasteiger partial charge in [-0.05, 0) is 55.6 Å². The first-order chi connectivity index (χ1) is 9.74. The monoisotopic (exact) mass is 289 g/mol. The smallest absolute Gasteiger partial charge is 0.226 e. The van der Waals surface area contributed by atoms with Gasteiger partial charge in [0.1, 0.15) is 0 Å². The molecule has 2 aliphatic carbocycles. The molecule has 3 fully saturated rings. The van der Waals surface area contributed by atoms with E-state index in [-0.39, 0.29) is 6.04 Å². The third-order valence-corrected chi connectivity index (χ3v) is 5.74. The maximum absolute atomic E-state index is 12.8. The van der Waals surface area contributed by atoms with Crippen LogP contribution in [-0.4, -0.2) is 17.4 Å². The number of benzene rings is 1. The predicted molar refractivity (Wildman–Crippen MR) is 79.5 cm³/mol. The van der Waals surface area contributed by atoms with E-state index in [1.165, 1.54) is 6.42 Å².